The van der Waals surface area contributed by atoms with Crippen LogP contribution in [0.3, 0.4) is 0 Å². The molecule has 3 aromatic heterocycles. The van der Waals surface area contributed by atoms with Crippen LogP contribution in [0.25, 0.3) is 10.2 Å². The Kier molecular flexibility index (Phi) is 4.38. The van der Waals surface area contributed by atoms with Crippen molar-refractivity contribution in [3.63, 3.8) is 0 Å². The molecule has 0 spiro atoms. The Hall–Kier alpha value is -3.53. The first kappa shape index (κ1) is 16.9. The van der Waals surface area contributed by atoms with Crippen molar-refractivity contribution in [1.82, 2.24) is 19.9 Å². The van der Waals surface area contributed by atoms with Crippen LogP contribution in [0.5, 0.6) is 0 Å². The molecule has 0 atom stereocenters. The fourth-order valence-corrected chi connectivity index (χ4v) is 3.45. The lowest BCUT2D eigenvalue weighted by Crippen LogP contribution is -2.34. The number of nitrogens with zero attached hydrogens (tertiary/aromatic N) is 3. The number of carbonyl (C=O) groups is 1. The molecule has 10 heteroatoms. The maximum absolute atomic E-state index is 12.7. The summed E-state index contributed by atoms with van der Waals surface area (Å²) < 4.78 is 10.6. The van der Waals surface area contributed by atoms with Gasteiger partial charge in [0.25, 0.3) is 5.56 Å². The van der Waals surface area contributed by atoms with Gasteiger partial charge in [-0.25, -0.2) is 14.2 Å². The van der Waals surface area contributed by atoms with E-state index in [4.69, 9.17) is 4.74 Å². The van der Waals surface area contributed by atoms with Gasteiger partial charge in [0.05, 0.1) is 18.1 Å². The number of nitrogens with one attached hydrogen (secondary N) is 1. The van der Waals surface area contributed by atoms with Crippen molar-refractivity contribution in [1.29, 1.82) is 0 Å². The number of fused-ring (bicyclic) bond motifs is 1. The van der Waals surface area contributed by atoms with E-state index in [0.29, 0.717) is 10.5 Å². The molecule has 0 aliphatic heterocycles. The number of carbonyl (C=O) groups excluding carboxylic acids is 1. The Morgan fingerprint density at radius 2 is 2.07 bits per heavy atom. The van der Waals surface area contributed by atoms with Crippen LogP contribution in [0.1, 0.15) is 20.9 Å². The van der Waals surface area contributed by atoms with Gasteiger partial charge in [0.2, 0.25) is 0 Å². The van der Waals surface area contributed by atoms with Gasteiger partial charge in [-0.3, -0.25) is 14.3 Å². The van der Waals surface area contributed by atoms with Gasteiger partial charge < -0.3 is 4.74 Å². The summed E-state index contributed by atoms with van der Waals surface area (Å²) in [6.07, 6.45) is 1.33. The van der Waals surface area contributed by atoms with E-state index in [1.165, 1.54) is 12.3 Å². The van der Waals surface area contributed by atoms with Crippen molar-refractivity contribution < 1.29 is 14.2 Å². The first-order valence-electron chi connectivity index (χ1n) is 7.86. The summed E-state index contributed by atoms with van der Waals surface area (Å²) in [5, 5.41) is 7.21. The third-order valence-electron chi connectivity index (χ3n) is 3.82. The monoisotopic (exact) mass is 384 g/mol. The highest BCUT2D eigenvalue weighted by Crippen LogP contribution is 2.21. The second-order valence-corrected chi connectivity index (χ2v) is 6.69. The first-order chi connectivity index (χ1) is 13.1. The number of benzene rings is 1. The van der Waals surface area contributed by atoms with E-state index in [1.54, 1.807) is 0 Å². The predicted molar refractivity (Wildman–Crippen MR) is 95.7 cm³/mol. The molecule has 0 fully saturated rings. The summed E-state index contributed by atoms with van der Waals surface area (Å²) in [4.78, 5) is 40.4. The number of H-pyrrole nitrogens is 1. The molecule has 0 aliphatic rings. The van der Waals surface area contributed by atoms with E-state index in [2.05, 4.69) is 19.9 Å². The largest absolute Gasteiger partial charge is 0.455 e. The molecule has 4 aromatic rings. The van der Waals surface area contributed by atoms with E-state index in [1.807, 2.05) is 30.3 Å². The van der Waals surface area contributed by atoms with Crippen LogP contribution < -0.4 is 11.2 Å². The summed E-state index contributed by atoms with van der Waals surface area (Å²) in [5.41, 5.74) is 0.184. The third-order valence-corrected chi connectivity index (χ3v) is 4.85. The standard InChI is InChI=1S/C17H12N4O5S/c22-15-12-6-13(16(23)25-9-11-7-18-26-20-11)27-14(12)19-17(24)21(15)8-10-4-2-1-3-5-10/h1-7H,8-9H2,(H,19,24). The Morgan fingerprint density at radius 3 is 2.81 bits per heavy atom. The van der Waals surface area contributed by atoms with Crippen LogP contribution in [0.4, 0.5) is 0 Å². The highest BCUT2D eigenvalue weighted by atomic mass is 32.1. The lowest BCUT2D eigenvalue weighted by Gasteiger charge is -2.04. The maximum atomic E-state index is 12.7. The molecule has 0 saturated heterocycles. The molecule has 0 unspecified atom stereocenters. The van der Waals surface area contributed by atoms with Gasteiger partial charge in [-0.1, -0.05) is 40.6 Å². The summed E-state index contributed by atoms with van der Waals surface area (Å²) in [6.45, 7) is 0.0328. The number of rotatable bonds is 5. The molecule has 0 radical (unpaired) electrons. The average molecular weight is 384 g/mol. The van der Waals surface area contributed by atoms with Crippen molar-refractivity contribution >= 4 is 27.5 Å². The number of hydrogen-bond acceptors (Lipinski definition) is 8. The molecule has 0 bridgehead atoms. The quantitative estimate of drug-likeness (QED) is 0.518. The second-order valence-electron chi connectivity index (χ2n) is 5.64. The van der Waals surface area contributed by atoms with E-state index < -0.39 is 17.2 Å². The van der Waals surface area contributed by atoms with Gasteiger partial charge in [-0.05, 0) is 11.6 Å². The average Bonchev–Trinajstić information content (AvgIpc) is 3.34. The molecule has 4 rings (SSSR count). The van der Waals surface area contributed by atoms with Gasteiger partial charge in [-0.15, -0.1) is 11.3 Å². The van der Waals surface area contributed by atoms with E-state index in [-0.39, 0.29) is 23.4 Å². The number of ether oxygens (including phenoxy) is 1. The van der Waals surface area contributed by atoms with Gasteiger partial charge in [-0.2, -0.15) is 0 Å². The molecule has 1 N–H and O–H groups in total. The summed E-state index contributed by atoms with van der Waals surface area (Å²) >= 11 is 0.983. The Labute approximate surface area is 154 Å². The number of esters is 1. The lowest BCUT2D eigenvalue weighted by molar-refractivity contribution is 0.0469. The summed E-state index contributed by atoms with van der Waals surface area (Å²) in [7, 11) is 0. The minimum atomic E-state index is -0.631. The van der Waals surface area contributed by atoms with Gasteiger partial charge in [0.15, 0.2) is 0 Å². The second kappa shape index (κ2) is 7.00. The van der Waals surface area contributed by atoms with Gasteiger partial charge in [0, 0.05) is 0 Å². The SMILES string of the molecule is O=C(OCc1cnon1)c1cc2c(=O)n(Cc3ccccc3)c(=O)[nH]c2s1. The Bertz CT molecular complexity index is 1210. The van der Waals surface area contributed by atoms with Crippen LogP contribution in [0.2, 0.25) is 0 Å². The highest BCUT2D eigenvalue weighted by Gasteiger charge is 2.17. The highest BCUT2D eigenvalue weighted by molar-refractivity contribution is 7.20. The molecule has 136 valence electrons. The van der Waals surface area contributed by atoms with E-state index in [9.17, 15) is 14.4 Å². The minimum Gasteiger partial charge on any atom is -0.455 e. The van der Waals surface area contributed by atoms with Crippen LogP contribution >= 0.6 is 11.3 Å². The summed E-state index contributed by atoms with van der Waals surface area (Å²) in [5.74, 6) is -0.631. The van der Waals surface area contributed by atoms with Crippen molar-refractivity contribution in [2.45, 2.75) is 13.2 Å². The number of hydrogen-bond donors (Lipinski definition) is 1. The minimum absolute atomic E-state index is 0.106. The summed E-state index contributed by atoms with van der Waals surface area (Å²) in [6, 6.07) is 10.6. The molecule has 3 heterocycles. The van der Waals surface area contributed by atoms with Crippen molar-refractivity contribution in [3.05, 3.63) is 79.6 Å². The molecule has 9 nitrogen and oxygen atoms in total. The zero-order chi connectivity index (χ0) is 18.8. The normalized spacial score (nSPS) is 11.0. The van der Waals surface area contributed by atoms with Crippen LogP contribution in [-0.4, -0.2) is 25.8 Å². The third kappa shape index (κ3) is 3.42. The zero-order valence-corrected chi connectivity index (χ0v) is 14.6. The van der Waals surface area contributed by atoms with Crippen molar-refractivity contribution in [2.75, 3.05) is 0 Å². The van der Waals surface area contributed by atoms with Crippen LogP contribution in [0, 0.1) is 0 Å². The van der Waals surface area contributed by atoms with Crippen molar-refractivity contribution in [3.8, 4) is 0 Å². The topological polar surface area (TPSA) is 120 Å². The van der Waals surface area contributed by atoms with Crippen molar-refractivity contribution in [2.24, 2.45) is 0 Å². The molecular weight excluding hydrogens is 372 g/mol. The fourth-order valence-electron chi connectivity index (χ4n) is 2.51. The Balaban J connectivity index is 1.64. The maximum Gasteiger partial charge on any atom is 0.348 e. The zero-order valence-electron chi connectivity index (χ0n) is 13.7. The molecular formula is C17H12N4O5S. The van der Waals surface area contributed by atoms with Crippen LogP contribution in [-0.2, 0) is 17.9 Å². The van der Waals surface area contributed by atoms with Gasteiger partial charge in [0.1, 0.15) is 22.0 Å². The Morgan fingerprint density at radius 1 is 1.26 bits per heavy atom. The van der Waals surface area contributed by atoms with Gasteiger partial charge >= 0.3 is 11.7 Å². The molecule has 0 aliphatic carbocycles. The number of thiophene rings is 1. The molecule has 0 saturated carbocycles. The fraction of sp³-hybridized carbons (Fsp3) is 0.118. The molecule has 27 heavy (non-hydrogen) atoms. The lowest BCUT2D eigenvalue weighted by atomic mass is 10.2. The van der Waals surface area contributed by atoms with E-state index >= 15 is 0 Å². The van der Waals surface area contributed by atoms with E-state index in [0.717, 1.165) is 21.5 Å². The number of aromatic amines is 1. The smallest absolute Gasteiger partial charge is 0.348 e. The molecule has 1 aromatic carbocycles. The van der Waals surface area contributed by atoms with Crippen LogP contribution in [0.15, 0.2) is 56.8 Å². The first-order valence-corrected chi connectivity index (χ1v) is 8.67. The predicted octanol–water partition coefficient (Wildman–Crippen LogP) is 1.54. The number of aromatic nitrogens is 4. The molecule has 0 amide bonds.